The molecule has 0 bridgehead atoms. The Morgan fingerprint density at radius 2 is 1.86 bits per heavy atom. The van der Waals surface area contributed by atoms with Crippen molar-refractivity contribution in [1.29, 1.82) is 0 Å². The average molecular weight is 292 g/mol. The highest BCUT2D eigenvalue weighted by molar-refractivity contribution is 5.94. The number of amides is 1. The molecular weight excluding hydrogens is 268 g/mol. The summed E-state index contributed by atoms with van der Waals surface area (Å²) in [7, 11) is 0. The number of carbonyl (C=O) groups excluding carboxylic acids is 1. The smallest absolute Gasteiger partial charge is 0.320 e. The molecule has 5 heteroatoms. The fraction of sp³-hybridized carbons (Fsp3) is 0.500. The number of nitrogens with one attached hydrogen (secondary N) is 1. The Labute approximate surface area is 125 Å². The zero-order valence-corrected chi connectivity index (χ0v) is 12.5. The van der Waals surface area contributed by atoms with Gasteiger partial charge in [-0.05, 0) is 30.5 Å². The van der Waals surface area contributed by atoms with E-state index >= 15 is 0 Å². The molecule has 0 aliphatic carbocycles. The van der Waals surface area contributed by atoms with E-state index < -0.39 is 12.0 Å². The summed E-state index contributed by atoms with van der Waals surface area (Å²) in [6.07, 6.45) is 4.74. The number of aliphatic carboxylic acids is 1. The molecule has 0 unspecified atom stereocenters. The lowest BCUT2D eigenvalue weighted by Gasteiger charge is -2.08. The molecular formula is C16H24N2O3. The Morgan fingerprint density at radius 3 is 2.43 bits per heavy atom. The third kappa shape index (κ3) is 6.40. The number of carboxylic acids is 1. The molecule has 116 valence electrons. The van der Waals surface area contributed by atoms with E-state index in [1.165, 1.54) is 12.8 Å². The fourth-order valence-electron chi connectivity index (χ4n) is 1.99. The van der Waals surface area contributed by atoms with Crippen LogP contribution in [0.2, 0.25) is 0 Å². The third-order valence-corrected chi connectivity index (χ3v) is 3.30. The van der Waals surface area contributed by atoms with E-state index in [0.29, 0.717) is 12.1 Å². The van der Waals surface area contributed by atoms with Crippen molar-refractivity contribution in [2.24, 2.45) is 5.73 Å². The van der Waals surface area contributed by atoms with E-state index in [1.807, 2.05) is 0 Å². The zero-order chi connectivity index (χ0) is 15.7. The largest absolute Gasteiger partial charge is 0.480 e. The maximum absolute atomic E-state index is 11.9. The van der Waals surface area contributed by atoms with Crippen molar-refractivity contribution in [3.63, 3.8) is 0 Å². The molecule has 1 aromatic rings. The van der Waals surface area contributed by atoms with Crippen molar-refractivity contribution in [2.45, 2.75) is 45.1 Å². The summed E-state index contributed by atoms with van der Waals surface area (Å²) < 4.78 is 0. The number of benzene rings is 1. The van der Waals surface area contributed by atoms with Gasteiger partial charge in [0.05, 0.1) is 0 Å². The molecule has 1 rings (SSSR count). The summed E-state index contributed by atoms with van der Waals surface area (Å²) in [6, 6.07) is 5.98. The molecule has 0 aliphatic heterocycles. The first kappa shape index (κ1) is 17.2. The minimum Gasteiger partial charge on any atom is -0.480 e. The van der Waals surface area contributed by atoms with Crippen LogP contribution < -0.4 is 11.1 Å². The lowest BCUT2D eigenvalue weighted by molar-refractivity contribution is -0.138. The molecule has 5 nitrogen and oxygen atoms in total. The Bertz CT molecular complexity index is 457. The highest BCUT2D eigenvalue weighted by Crippen LogP contribution is 2.07. The molecule has 0 saturated carbocycles. The van der Waals surface area contributed by atoms with Crippen LogP contribution in [0.3, 0.4) is 0 Å². The molecule has 0 aromatic heterocycles. The first-order valence-corrected chi connectivity index (χ1v) is 7.40. The topological polar surface area (TPSA) is 92.4 Å². The Hall–Kier alpha value is -1.88. The fourth-order valence-corrected chi connectivity index (χ4v) is 1.99. The van der Waals surface area contributed by atoms with E-state index in [4.69, 9.17) is 10.8 Å². The minimum atomic E-state index is -1.02. The number of nitrogens with two attached hydrogens (primary N) is 1. The highest BCUT2D eigenvalue weighted by Gasteiger charge is 2.12. The second-order valence-electron chi connectivity index (χ2n) is 5.16. The second kappa shape index (κ2) is 9.13. The van der Waals surface area contributed by atoms with Crippen molar-refractivity contribution < 1.29 is 14.7 Å². The van der Waals surface area contributed by atoms with Gasteiger partial charge >= 0.3 is 5.97 Å². The van der Waals surface area contributed by atoms with Gasteiger partial charge in [-0.15, -0.1) is 0 Å². The number of rotatable bonds is 9. The van der Waals surface area contributed by atoms with Crippen LogP contribution >= 0.6 is 0 Å². The van der Waals surface area contributed by atoms with Crippen LogP contribution in [0.25, 0.3) is 0 Å². The summed E-state index contributed by atoms with van der Waals surface area (Å²) in [6.45, 7) is 2.83. The summed E-state index contributed by atoms with van der Waals surface area (Å²) in [5.74, 6) is -1.12. The van der Waals surface area contributed by atoms with Crippen LogP contribution in [0.15, 0.2) is 24.3 Å². The van der Waals surface area contributed by atoms with Crippen LogP contribution in [0.5, 0.6) is 0 Å². The van der Waals surface area contributed by atoms with E-state index in [2.05, 4.69) is 12.2 Å². The average Bonchev–Trinajstić information content (AvgIpc) is 2.47. The second-order valence-corrected chi connectivity index (χ2v) is 5.16. The predicted octanol–water partition coefficient (Wildman–Crippen LogP) is 1.95. The molecule has 0 saturated heterocycles. The molecule has 1 amide bonds. The number of hydrogen-bond acceptors (Lipinski definition) is 3. The Balaban J connectivity index is 2.42. The van der Waals surface area contributed by atoms with Crippen LogP contribution in [0, 0.1) is 0 Å². The standard InChI is InChI=1S/C16H24N2O3/c1-2-3-4-5-10-18-15(19)13-8-6-12(7-9-13)11-14(17)16(20)21/h6-9,14H,2-5,10-11,17H2,1H3,(H,18,19)(H,20,21)/t14-/m0/s1. The van der Waals surface area contributed by atoms with Gasteiger partial charge in [-0.3, -0.25) is 9.59 Å². The lowest BCUT2D eigenvalue weighted by atomic mass is 10.0. The lowest BCUT2D eigenvalue weighted by Crippen LogP contribution is -2.32. The summed E-state index contributed by atoms with van der Waals surface area (Å²) in [5.41, 5.74) is 6.86. The maximum atomic E-state index is 11.9. The molecule has 0 radical (unpaired) electrons. The molecule has 1 atom stereocenters. The van der Waals surface area contributed by atoms with Gasteiger partial charge in [-0.1, -0.05) is 38.3 Å². The van der Waals surface area contributed by atoms with Gasteiger partial charge in [0.2, 0.25) is 0 Å². The van der Waals surface area contributed by atoms with Gasteiger partial charge < -0.3 is 16.2 Å². The molecule has 0 aliphatic rings. The van der Waals surface area contributed by atoms with Crippen molar-refractivity contribution in [3.8, 4) is 0 Å². The van der Waals surface area contributed by atoms with Gasteiger partial charge in [0.15, 0.2) is 0 Å². The number of unbranched alkanes of at least 4 members (excludes halogenated alkanes) is 3. The molecule has 0 heterocycles. The van der Waals surface area contributed by atoms with Crippen LogP contribution in [-0.4, -0.2) is 29.6 Å². The quantitative estimate of drug-likeness (QED) is 0.607. The summed E-state index contributed by atoms with van der Waals surface area (Å²) in [4.78, 5) is 22.6. The van der Waals surface area contributed by atoms with Gasteiger partial charge in [0, 0.05) is 12.1 Å². The minimum absolute atomic E-state index is 0.0967. The van der Waals surface area contributed by atoms with Crippen molar-refractivity contribution in [3.05, 3.63) is 35.4 Å². The van der Waals surface area contributed by atoms with Gasteiger partial charge in [-0.25, -0.2) is 0 Å². The number of carbonyl (C=O) groups is 2. The Morgan fingerprint density at radius 1 is 1.19 bits per heavy atom. The first-order valence-electron chi connectivity index (χ1n) is 7.40. The summed E-state index contributed by atoms with van der Waals surface area (Å²) in [5, 5.41) is 11.6. The molecule has 0 fully saturated rings. The van der Waals surface area contributed by atoms with Crippen LogP contribution in [-0.2, 0) is 11.2 Å². The van der Waals surface area contributed by atoms with Crippen molar-refractivity contribution >= 4 is 11.9 Å². The highest BCUT2D eigenvalue weighted by atomic mass is 16.4. The van der Waals surface area contributed by atoms with E-state index in [0.717, 1.165) is 18.4 Å². The summed E-state index contributed by atoms with van der Waals surface area (Å²) >= 11 is 0. The zero-order valence-electron chi connectivity index (χ0n) is 12.5. The molecule has 0 spiro atoms. The molecule has 1 aromatic carbocycles. The van der Waals surface area contributed by atoms with E-state index in [9.17, 15) is 9.59 Å². The molecule has 21 heavy (non-hydrogen) atoms. The Kier molecular flexibility index (Phi) is 7.46. The first-order chi connectivity index (χ1) is 10.0. The van der Waals surface area contributed by atoms with E-state index in [-0.39, 0.29) is 12.3 Å². The van der Waals surface area contributed by atoms with Gasteiger partial charge in [-0.2, -0.15) is 0 Å². The number of hydrogen-bond donors (Lipinski definition) is 3. The monoisotopic (exact) mass is 292 g/mol. The number of carboxylic acid groups (broad SMARTS) is 1. The normalized spacial score (nSPS) is 11.9. The molecule has 4 N–H and O–H groups in total. The van der Waals surface area contributed by atoms with Gasteiger partial charge in [0.25, 0.3) is 5.91 Å². The maximum Gasteiger partial charge on any atom is 0.320 e. The SMILES string of the molecule is CCCCCCNC(=O)c1ccc(C[C@H](N)C(=O)O)cc1. The van der Waals surface area contributed by atoms with E-state index in [1.54, 1.807) is 24.3 Å². The van der Waals surface area contributed by atoms with Crippen molar-refractivity contribution in [2.75, 3.05) is 6.54 Å². The third-order valence-electron chi connectivity index (χ3n) is 3.30. The van der Waals surface area contributed by atoms with Gasteiger partial charge in [0.1, 0.15) is 6.04 Å². The van der Waals surface area contributed by atoms with Crippen molar-refractivity contribution in [1.82, 2.24) is 5.32 Å². The van der Waals surface area contributed by atoms with Crippen LogP contribution in [0.1, 0.15) is 48.5 Å². The predicted molar refractivity (Wildman–Crippen MR) is 82.2 cm³/mol. The van der Waals surface area contributed by atoms with Crippen LogP contribution in [0.4, 0.5) is 0 Å².